The van der Waals surface area contributed by atoms with Crippen LogP contribution in [0, 0.1) is 5.92 Å². The number of nitrogens with one attached hydrogen (secondary N) is 2. The Morgan fingerprint density at radius 2 is 2.46 bits per heavy atom. The predicted molar refractivity (Wildman–Crippen MR) is 48.6 cm³/mol. The molecule has 13 heavy (non-hydrogen) atoms. The van der Waals surface area contributed by atoms with Crippen molar-refractivity contribution in [2.45, 2.75) is 6.04 Å². The minimum atomic E-state index is 0.378. The number of hydrogen-bond acceptors (Lipinski definition) is 4. The third-order valence-corrected chi connectivity index (χ3v) is 2.65. The Kier molecular flexibility index (Phi) is 1.44. The standard InChI is InChI=1S/C9H10N4/c1-2-8-6(4-10-12-8)7-5-11-13-9(7)3-1/h1-4,7,9,11,13H,5H2. The van der Waals surface area contributed by atoms with Crippen molar-refractivity contribution in [1.82, 2.24) is 10.9 Å². The lowest BCUT2D eigenvalue weighted by molar-refractivity contribution is 0.595. The summed E-state index contributed by atoms with van der Waals surface area (Å²) in [7, 11) is 0. The fraction of sp³-hybridized carbons (Fsp3) is 0.333. The van der Waals surface area contributed by atoms with Crippen molar-refractivity contribution in [2.75, 3.05) is 6.54 Å². The fourth-order valence-corrected chi connectivity index (χ4v) is 1.96. The third-order valence-electron chi connectivity index (χ3n) is 2.65. The Morgan fingerprint density at radius 3 is 3.46 bits per heavy atom. The molecule has 2 N–H and O–H groups in total. The van der Waals surface area contributed by atoms with Crippen LogP contribution in [-0.2, 0) is 0 Å². The second kappa shape index (κ2) is 2.61. The molecule has 2 unspecified atom stereocenters. The van der Waals surface area contributed by atoms with Crippen LogP contribution in [0.2, 0.25) is 0 Å². The first-order valence-electron chi connectivity index (χ1n) is 4.43. The molecule has 2 heterocycles. The van der Waals surface area contributed by atoms with Gasteiger partial charge in [-0.1, -0.05) is 12.2 Å². The van der Waals surface area contributed by atoms with E-state index in [0.29, 0.717) is 12.0 Å². The molecule has 0 aromatic carbocycles. The Labute approximate surface area is 76.1 Å². The molecule has 3 rings (SSSR count). The van der Waals surface area contributed by atoms with E-state index in [4.69, 9.17) is 0 Å². The molecule has 1 saturated heterocycles. The number of rotatable bonds is 0. The monoisotopic (exact) mass is 174 g/mol. The molecule has 2 aliphatic heterocycles. The molecule has 0 radical (unpaired) electrons. The van der Waals surface area contributed by atoms with E-state index in [1.807, 2.05) is 18.4 Å². The van der Waals surface area contributed by atoms with Gasteiger partial charge in [-0.05, 0) is 6.08 Å². The SMILES string of the molecule is C1=CC2NNCC2C2=CN=NC2=C1. The summed E-state index contributed by atoms with van der Waals surface area (Å²) in [5.74, 6) is 0.472. The molecule has 3 aliphatic rings. The number of allylic oxidation sites excluding steroid dienone is 3. The van der Waals surface area contributed by atoms with E-state index in [1.54, 1.807) is 0 Å². The summed E-state index contributed by atoms with van der Waals surface area (Å²) in [6, 6.07) is 0.378. The quantitative estimate of drug-likeness (QED) is 0.572. The van der Waals surface area contributed by atoms with E-state index in [2.05, 4.69) is 27.2 Å². The molecule has 66 valence electrons. The Hall–Kier alpha value is -1.26. The fourth-order valence-electron chi connectivity index (χ4n) is 1.96. The summed E-state index contributed by atoms with van der Waals surface area (Å²) >= 11 is 0. The minimum absolute atomic E-state index is 0.378. The van der Waals surface area contributed by atoms with Gasteiger partial charge in [-0.2, -0.15) is 10.2 Å². The minimum Gasteiger partial charge on any atom is -0.257 e. The molecule has 1 fully saturated rings. The molecule has 2 atom stereocenters. The number of fused-ring (bicyclic) bond motifs is 3. The zero-order chi connectivity index (χ0) is 8.67. The van der Waals surface area contributed by atoms with Gasteiger partial charge in [0.1, 0.15) is 0 Å². The van der Waals surface area contributed by atoms with Crippen LogP contribution in [0.3, 0.4) is 0 Å². The lowest BCUT2D eigenvalue weighted by Gasteiger charge is -2.13. The van der Waals surface area contributed by atoms with E-state index in [0.717, 1.165) is 12.2 Å². The van der Waals surface area contributed by atoms with Crippen molar-refractivity contribution in [3.63, 3.8) is 0 Å². The molecule has 0 aromatic heterocycles. The molecular weight excluding hydrogens is 164 g/mol. The maximum Gasteiger partial charge on any atom is 0.0908 e. The van der Waals surface area contributed by atoms with Gasteiger partial charge in [0.15, 0.2) is 0 Å². The molecular formula is C9H10N4. The summed E-state index contributed by atoms with van der Waals surface area (Å²) < 4.78 is 0. The van der Waals surface area contributed by atoms with E-state index < -0.39 is 0 Å². The highest BCUT2D eigenvalue weighted by atomic mass is 15.4. The second-order valence-electron chi connectivity index (χ2n) is 3.39. The van der Waals surface area contributed by atoms with Gasteiger partial charge in [-0.3, -0.25) is 10.9 Å². The van der Waals surface area contributed by atoms with Crippen molar-refractivity contribution in [3.8, 4) is 0 Å². The van der Waals surface area contributed by atoms with E-state index in [-0.39, 0.29) is 0 Å². The van der Waals surface area contributed by atoms with Crippen molar-refractivity contribution < 1.29 is 0 Å². The van der Waals surface area contributed by atoms with Crippen LogP contribution in [0.1, 0.15) is 0 Å². The van der Waals surface area contributed by atoms with Crippen LogP contribution in [-0.4, -0.2) is 12.6 Å². The van der Waals surface area contributed by atoms with Crippen LogP contribution >= 0.6 is 0 Å². The number of hydrogen-bond donors (Lipinski definition) is 2. The first kappa shape index (κ1) is 7.17. The molecule has 4 heteroatoms. The molecule has 0 amide bonds. The van der Waals surface area contributed by atoms with Crippen LogP contribution in [0.4, 0.5) is 0 Å². The predicted octanol–water partition coefficient (Wildman–Crippen LogP) is 0.882. The van der Waals surface area contributed by atoms with Crippen molar-refractivity contribution >= 4 is 0 Å². The zero-order valence-electron chi connectivity index (χ0n) is 7.07. The van der Waals surface area contributed by atoms with E-state index >= 15 is 0 Å². The average molecular weight is 174 g/mol. The van der Waals surface area contributed by atoms with Crippen LogP contribution < -0.4 is 10.9 Å². The molecule has 1 aliphatic carbocycles. The van der Waals surface area contributed by atoms with E-state index in [1.165, 1.54) is 5.57 Å². The molecule has 0 bridgehead atoms. The Balaban J connectivity index is 2.04. The summed E-state index contributed by atoms with van der Waals surface area (Å²) in [4.78, 5) is 0. The Morgan fingerprint density at radius 1 is 1.46 bits per heavy atom. The normalized spacial score (nSPS) is 35.1. The van der Waals surface area contributed by atoms with Crippen molar-refractivity contribution in [1.29, 1.82) is 0 Å². The number of nitrogens with zero attached hydrogens (tertiary/aromatic N) is 2. The molecule has 0 aromatic rings. The summed E-state index contributed by atoms with van der Waals surface area (Å²) in [5, 5.41) is 8.00. The van der Waals surface area contributed by atoms with Crippen LogP contribution in [0.25, 0.3) is 0 Å². The molecule has 0 saturated carbocycles. The van der Waals surface area contributed by atoms with Crippen LogP contribution in [0.15, 0.2) is 45.9 Å². The highest BCUT2D eigenvalue weighted by Crippen LogP contribution is 2.32. The van der Waals surface area contributed by atoms with E-state index in [9.17, 15) is 0 Å². The summed E-state index contributed by atoms with van der Waals surface area (Å²) in [6.07, 6.45) is 8.08. The van der Waals surface area contributed by atoms with Gasteiger partial charge in [-0.15, -0.1) is 0 Å². The largest absolute Gasteiger partial charge is 0.257 e. The third kappa shape index (κ3) is 0.993. The molecule has 0 spiro atoms. The highest BCUT2D eigenvalue weighted by Gasteiger charge is 2.32. The van der Waals surface area contributed by atoms with Gasteiger partial charge < -0.3 is 0 Å². The summed E-state index contributed by atoms with van der Waals surface area (Å²) in [5.41, 5.74) is 8.62. The first-order valence-corrected chi connectivity index (χ1v) is 4.43. The highest BCUT2D eigenvalue weighted by molar-refractivity contribution is 5.41. The number of hydrazine groups is 1. The molecule has 4 nitrogen and oxygen atoms in total. The van der Waals surface area contributed by atoms with Gasteiger partial charge in [0.2, 0.25) is 0 Å². The van der Waals surface area contributed by atoms with Gasteiger partial charge in [0.25, 0.3) is 0 Å². The van der Waals surface area contributed by atoms with Gasteiger partial charge >= 0.3 is 0 Å². The topological polar surface area (TPSA) is 48.8 Å². The van der Waals surface area contributed by atoms with Gasteiger partial charge in [0.05, 0.1) is 11.9 Å². The van der Waals surface area contributed by atoms with Gasteiger partial charge in [0, 0.05) is 24.1 Å². The van der Waals surface area contributed by atoms with Crippen LogP contribution in [0.5, 0.6) is 0 Å². The lowest BCUT2D eigenvalue weighted by atomic mass is 9.93. The first-order chi connectivity index (χ1) is 6.45. The van der Waals surface area contributed by atoms with Gasteiger partial charge in [-0.25, -0.2) is 0 Å². The smallest absolute Gasteiger partial charge is 0.0908 e. The maximum atomic E-state index is 4.06. The zero-order valence-corrected chi connectivity index (χ0v) is 7.07. The van der Waals surface area contributed by atoms with Crippen molar-refractivity contribution in [2.24, 2.45) is 16.1 Å². The average Bonchev–Trinajstić information content (AvgIpc) is 2.72. The van der Waals surface area contributed by atoms with Crippen molar-refractivity contribution in [3.05, 3.63) is 35.7 Å². The second-order valence-corrected chi connectivity index (χ2v) is 3.39. The summed E-state index contributed by atoms with van der Waals surface area (Å²) in [6.45, 7) is 0.948. The maximum absolute atomic E-state index is 4.06. The Bertz CT molecular complexity index is 351. The number of azo groups is 1. The lowest BCUT2D eigenvalue weighted by Crippen LogP contribution is -2.29.